The Hall–Kier alpha value is -2.29. The second-order valence-corrected chi connectivity index (χ2v) is 8.60. The van der Waals surface area contributed by atoms with Crippen molar-refractivity contribution in [1.82, 2.24) is 14.6 Å². The van der Waals surface area contributed by atoms with Crippen molar-refractivity contribution in [1.29, 1.82) is 0 Å². The number of carbonyl (C=O) groups is 1. The molecule has 0 spiro atoms. The zero-order chi connectivity index (χ0) is 20.8. The predicted octanol–water partition coefficient (Wildman–Crippen LogP) is 3.46. The van der Waals surface area contributed by atoms with Crippen LogP contribution in [0.2, 0.25) is 5.02 Å². The summed E-state index contributed by atoms with van der Waals surface area (Å²) < 4.78 is 1.80. The summed E-state index contributed by atoms with van der Waals surface area (Å²) in [7, 11) is 0. The predicted molar refractivity (Wildman–Crippen MR) is 116 cm³/mol. The highest BCUT2D eigenvalue weighted by Gasteiger charge is 2.40. The lowest BCUT2D eigenvalue weighted by Gasteiger charge is -2.39. The van der Waals surface area contributed by atoms with Gasteiger partial charge < -0.3 is 15.7 Å². The average molecular weight is 432 g/mol. The van der Waals surface area contributed by atoms with Gasteiger partial charge >= 0.3 is 5.97 Å². The molecule has 9 heteroatoms. The highest BCUT2D eigenvalue weighted by molar-refractivity contribution is 7.98. The maximum absolute atomic E-state index is 11.8. The van der Waals surface area contributed by atoms with E-state index in [1.807, 2.05) is 48.4 Å². The molecule has 0 amide bonds. The van der Waals surface area contributed by atoms with Gasteiger partial charge in [-0.2, -0.15) is 9.61 Å². The molecular weight excluding hydrogens is 410 g/mol. The van der Waals surface area contributed by atoms with Crippen molar-refractivity contribution in [2.75, 3.05) is 24.2 Å². The van der Waals surface area contributed by atoms with Crippen molar-refractivity contribution < 1.29 is 9.90 Å². The number of halogens is 1. The van der Waals surface area contributed by atoms with Crippen LogP contribution in [-0.4, -0.2) is 50.6 Å². The Kier molecular flexibility index (Phi) is 5.18. The third kappa shape index (κ3) is 3.56. The third-order valence-electron chi connectivity index (χ3n) is 5.30. The first kappa shape index (κ1) is 20.0. The number of hydrogen-bond donors (Lipinski definition) is 2. The number of anilines is 1. The van der Waals surface area contributed by atoms with E-state index in [1.54, 1.807) is 16.3 Å². The van der Waals surface area contributed by atoms with Crippen molar-refractivity contribution in [2.45, 2.75) is 30.2 Å². The summed E-state index contributed by atoms with van der Waals surface area (Å²) in [5.74, 6) is -0.131. The molecule has 2 aromatic heterocycles. The van der Waals surface area contributed by atoms with Crippen LogP contribution >= 0.6 is 23.4 Å². The molecular formula is C20H22ClN5O2S. The van der Waals surface area contributed by atoms with Crippen LogP contribution in [0.5, 0.6) is 0 Å². The van der Waals surface area contributed by atoms with Crippen molar-refractivity contribution in [3.05, 3.63) is 41.0 Å². The first-order valence-electron chi connectivity index (χ1n) is 9.30. The molecule has 3 heterocycles. The maximum Gasteiger partial charge on any atom is 0.325 e. The van der Waals surface area contributed by atoms with Crippen LogP contribution in [0.1, 0.15) is 18.5 Å². The normalized spacial score (nSPS) is 19.7. The van der Waals surface area contributed by atoms with Gasteiger partial charge in [0, 0.05) is 29.7 Å². The number of carboxylic acid groups (broad SMARTS) is 1. The summed E-state index contributed by atoms with van der Waals surface area (Å²) in [6.45, 7) is 2.90. The van der Waals surface area contributed by atoms with E-state index in [0.717, 1.165) is 27.7 Å². The van der Waals surface area contributed by atoms with Gasteiger partial charge in [0.25, 0.3) is 0 Å². The van der Waals surface area contributed by atoms with Gasteiger partial charge in [0.1, 0.15) is 11.4 Å². The van der Waals surface area contributed by atoms with E-state index in [2.05, 4.69) is 0 Å². The number of carboxylic acids is 1. The quantitative estimate of drug-likeness (QED) is 0.610. The number of hydrogen-bond acceptors (Lipinski definition) is 6. The summed E-state index contributed by atoms with van der Waals surface area (Å²) in [5.41, 5.74) is 8.24. The van der Waals surface area contributed by atoms with Crippen molar-refractivity contribution >= 4 is 40.8 Å². The van der Waals surface area contributed by atoms with E-state index in [1.165, 1.54) is 0 Å². The average Bonchev–Trinajstić information content (AvgIpc) is 3.10. The molecule has 1 aliphatic heterocycles. The minimum Gasteiger partial charge on any atom is -0.480 e. The van der Waals surface area contributed by atoms with Crippen LogP contribution in [0.3, 0.4) is 0 Å². The van der Waals surface area contributed by atoms with E-state index in [-0.39, 0.29) is 6.54 Å². The molecule has 0 saturated carbocycles. The molecule has 0 aliphatic carbocycles. The Morgan fingerprint density at radius 1 is 1.34 bits per heavy atom. The Morgan fingerprint density at radius 2 is 2.07 bits per heavy atom. The summed E-state index contributed by atoms with van der Waals surface area (Å²) in [4.78, 5) is 19.5. The van der Waals surface area contributed by atoms with Crippen LogP contribution in [0, 0.1) is 6.92 Å². The van der Waals surface area contributed by atoms with E-state index < -0.39 is 11.5 Å². The Labute approximate surface area is 177 Å². The highest BCUT2D eigenvalue weighted by Crippen LogP contribution is 2.35. The van der Waals surface area contributed by atoms with Gasteiger partial charge in [-0.1, -0.05) is 23.7 Å². The van der Waals surface area contributed by atoms with Gasteiger partial charge in [0.05, 0.1) is 16.3 Å². The van der Waals surface area contributed by atoms with Crippen LogP contribution < -0.4 is 10.6 Å². The van der Waals surface area contributed by atoms with Crippen LogP contribution in [0.4, 0.5) is 5.82 Å². The van der Waals surface area contributed by atoms with Crippen molar-refractivity contribution in [3.8, 4) is 11.3 Å². The number of aliphatic carboxylic acids is 1. The first-order chi connectivity index (χ1) is 13.8. The Morgan fingerprint density at radius 3 is 2.72 bits per heavy atom. The number of aromatic nitrogens is 3. The smallest absolute Gasteiger partial charge is 0.325 e. The standard InChI is InChI=1S/C20H22ClN5O2S/c1-12-17(29-2)18(25-9-3-8-20(22,11-25)19(27)28)26-16(23-12)10-15(24-26)13-4-6-14(21)7-5-13/h4-7,10H,3,8-9,11,22H2,1-2H3,(H,27,28). The van der Waals surface area contributed by atoms with Crippen LogP contribution in [0.25, 0.3) is 16.9 Å². The van der Waals surface area contributed by atoms with Gasteiger partial charge in [-0.3, -0.25) is 4.79 Å². The van der Waals surface area contributed by atoms with Gasteiger partial charge in [0.2, 0.25) is 0 Å². The van der Waals surface area contributed by atoms with Gasteiger partial charge in [-0.15, -0.1) is 11.8 Å². The van der Waals surface area contributed by atoms with Crippen molar-refractivity contribution in [3.63, 3.8) is 0 Å². The zero-order valence-corrected chi connectivity index (χ0v) is 17.8. The molecule has 152 valence electrons. The monoisotopic (exact) mass is 431 g/mol. The molecule has 3 aromatic rings. The number of rotatable bonds is 4. The number of nitrogens with two attached hydrogens (primary N) is 1. The highest BCUT2D eigenvalue weighted by atomic mass is 35.5. The number of fused-ring (bicyclic) bond motifs is 1. The Bertz CT molecular complexity index is 1080. The molecule has 1 aromatic carbocycles. The summed E-state index contributed by atoms with van der Waals surface area (Å²) in [6.07, 6.45) is 3.14. The molecule has 0 bridgehead atoms. The minimum atomic E-state index is -1.27. The molecule has 7 nitrogen and oxygen atoms in total. The topological polar surface area (TPSA) is 96.8 Å². The molecule has 1 fully saturated rings. The lowest BCUT2D eigenvalue weighted by molar-refractivity contribution is -0.143. The third-order valence-corrected chi connectivity index (χ3v) is 6.44. The number of piperidine rings is 1. The van der Waals surface area contributed by atoms with Gasteiger partial charge in [-0.05, 0) is 38.2 Å². The summed E-state index contributed by atoms with van der Waals surface area (Å²) in [5, 5.41) is 15.1. The maximum atomic E-state index is 11.8. The molecule has 29 heavy (non-hydrogen) atoms. The van der Waals surface area contributed by atoms with Gasteiger partial charge in [0.15, 0.2) is 5.65 Å². The lowest BCUT2D eigenvalue weighted by Crippen LogP contribution is -2.59. The van der Waals surface area contributed by atoms with E-state index in [9.17, 15) is 9.90 Å². The fourth-order valence-corrected chi connectivity index (χ4v) is 4.67. The molecule has 1 aliphatic rings. The van der Waals surface area contributed by atoms with Crippen LogP contribution in [0.15, 0.2) is 35.2 Å². The number of aryl methyl sites for hydroxylation is 1. The molecule has 1 atom stereocenters. The molecule has 3 N–H and O–H groups in total. The number of thioether (sulfide) groups is 1. The lowest BCUT2D eigenvalue weighted by atomic mass is 9.90. The fraction of sp³-hybridized carbons (Fsp3) is 0.350. The van der Waals surface area contributed by atoms with Crippen LogP contribution in [-0.2, 0) is 4.79 Å². The molecule has 4 rings (SSSR count). The molecule has 0 radical (unpaired) electrons. The minimum absolute atomic E-state index is 0.227. The fourth-order valence-electron chi connectivity index (χ4n) is 3.81. The number of nitrogens with zero attached hydrogens (tertiary/aromatic N) is 4. The second kappa shape index (κ2) is 7.51. The van der Waals surface area contributed by atoms with E-state index >= 15 is 0 Å². The van der Waals surface area contributed by atoms with Crippen molar-refractivity contribution in [2.24, 2.45) is 5.73 Å². The zero-order valence-electron chi connectivity index (χ0n) is 16.2. The Balaban J connectivity index is 1.87. The molecule has 1 saturated heterocycles. The van der Waals surface area contributed by atoms with Gasteiger partial charge in [-0.25, -0.2) is 4.98 Å². The largest absolute Gasteiger partial charge is 0.480 e. The molecule has 1 unspecified atom stereocenters. The van der Waals surface area contributed by atoms with E-state index in [4.69, 9.17) is 27.4 Å². The summed E-state index contributed by atoms with van der Waals surface area (Å²) >= 11 is 7.59. The second-order valence-electron chi connectivity index (χ2n) is 7.35. The first-order valence-corrected chi connectivity index (χ1v) is 10.9. The SMILES string of the molecule is CSc1c(C)nc2cc(-c3ccc(Cl)cc3)nn2c1N1CCCC(N)(C(=O)O)C1. The number of benzene rings is 1. The van der Waals surface area contributed by atoms with E-state index in [0.29, 0.717) is 30.1 Å². The summed E-state index contributed by atoms with van der Waals surface area (Å²) in [6, 6.07) is 9.42.